The molecule has 7 nitrogen and oxygen atoms in total. The Hall–Kier alpha value is -2.35. The van der Waals surface area contributed by atoms with Crippen LogP contribution in [0.3, 0.4) is 0 Å². The van der Waals surface area contributed by atoms with Gasteiger partial charge in [-0.1, -0.05) is 6.92 Å². The quantitative estimate of drug-likeness (QED) is 0.248. The summed E-state index contributed by atoms with van der Waals surface area (Å²) in [4.78, 5) is 4.15. The molecule has 0 aliphatic rings. The zero-order valence-electron chi connectivity index (χ0n) is 14.6. The van der Waals surface area contributed by atoms with E-state index in [1.807, 2.05) is 6.92 Å². The van der Waals surface area contributed by atoms with Gasteiger partial charge in [-0.3, -0.25) is 4.99 Å². The van der Waals surface area contributed by atoms with Gasteiger partial charge >= 0.3 is 0 Å². The van der Waals surface area contributed by atoms with E-state index in [2.05, 4.69) is 21.5 Å². The van der Waals surface area contributed by atoms with Gasteiger partial charge in [0.25, 0.3) is 0 Å². The molecule has 0 saturated carbocycles. The summed E-state index contributed by atoms with van der Waals surface area (Å²) in [5.74, 6) is 0.323. The van der Waals surface area contributed by atoms with Gasteiger partial charge < -0.3 is 16.8 Å². The lowest BCUT2D eigenvalue weighted by Gasteiger charge is -2.04. The maximum absolute atomic E-state index is 13.1. The molecule has 0 amide bonds. The number of hydrogen-bond acceptors (Lipinski definition) is 4. The van der Waals surface area contributed by atoms with Crippen LogP contribution in [0.2, 0.25) is 0 Å². The fourth-order valence-corrected chi connectivity index (χ4v) is 2.31. The van der Waals surface area contributed by atoms with E-state index >= 15 is 0 Å². The zero-order valence-corrected chi connectivity index (χ0v) is 16.9. The van der Waals surface area contributed by atoms with Crippen LogP contribution in [-0.4, -0.2) is 28.8 Å². The Balaban J connectivity index is 0.00000338. The molecule has 0 aliphatic heterocycles. The Labute approximate surface area is 169 Å². The number of nitrogens with two attached hydrogens (primary N) is 2. The first kappa shape index (κ1) is 21.7. The van der Waals surface area contributed by atoms with E-state index in [0.29, 0.717) is 42.4 Å². The SMILES string of the molecule is CCCN=C(N)NCCCc1nn(-c2ccc(F)cc2)c(N)c1C#N.I. The smallest absolute Gasteiger partial charge is 0.188 e. The van der Waals surface area contributed by atoms with Gasteiger partial charge in [-0.05, 0) is 43.5 Å². The van der Waals surface area contributed by atoms with Crippen molar-refractivity contribution in [1.82, 2.24) is 15.1 Å². The molecule has 1 aromatic heterocycles. The van der Waals surface area contributed by atoms with Crippen molar-refractivity contribution in [1.29, 1.82) is 5.26 Å². The van der Waals surface area contributed by atoms with Gasteiger partial charge in [0, 0.05) is 13.1 Å². The zero-order chi connectivity index (χ0) is 18.2. The average molecular weight is 471 g/mol. The summed E-state index contributed by atoms with van der Waals surface area (Å²) < 4.78 is 14.5. The van der Waals surface area contributed by atoms with Crippen molar-refractivity contribution in [3.8, 4) is 11.8 Å². The summed E-state index contributed by atoms with van der Waals surface area (Å²) in [6.45, 7) is 3.34. The molecule has 0 fully saturated rings. The molecule has 1 heterocycles. The molecule has 0 bridgehead atoms. The largest absolute Gasteiger partial charge is 0.382 e. The molecule has 0 saturated heterocycles. The molecule has 9 heteroatoms. The van der Waals surface area contributed by atoms with E-state index in [4.69, 9.17) is 11.5 Å². The third-order valence-corrected chi connectivity index (χ3v) is 3.58. The van der Waals surface area contributed by atoms with Crippen LogP contribution in [0.4, 0.5) is 10.2 Å². The van der Waals surface area contributed by atoms with Gasteiger partial charge in [0.15, 0.2) is 5.96 Å². The Kier molecular flexibility index (Phi) is 8.84. The Morgan fingerprint density at radius 1 is 1.38 bits per heavy atom. The number of nitriles is 1. The number of rotatable bonds is 7. The third-order valence-electron chi connectivity index (χ3n) is 3.58. The summed E-state index contributed by atoms with van der Waals surface area (Å²) in [5.41, 5.74) is 13.3. The number of aromatic nitrogens is 2. The number of aryl methyl sites for hydroxylation is 1. The third kappa shape index (κ3) is 5.59. The van der Waals surface area contributed by atoms with Crippen molar-refractivity contribution in [3.05, 3.63) is 41.3 Å². The number of anilines is 1. The predicted molar refractivity (Wildman–Crippen MR) is 111 cm³/mol. The van der Waals surface area contributed by atoms with Crippen molar-refractivity contribution in [2.45, 2.75) is 26.2 Å². The van der Waals surface area contributed by atoms with Crippen LogP contribution in [0.25, 0.3) is 5.69 Å². The van der Waals surface area contributed by atoms with E-state index in [0.717, 1.165) is 12.8 Å². The fourth-order valence-electron chi connectivity index (χ4n) is 2.31. The van der Waals surface area contributed by atoms with Gasteiger partial charge in [0.1, 0.15) is 23.3 Å². The lowest BCUT2D eigenvalue weighted by molar-refractivity contribution is 0.627. The summed E-state index contributed by atoms with van der Waals surface area (Å²) in [7, 11) is 0. The van der Waals surface area contributed by atoms with E-state index in [1.54, 1.807) is 12.1 Å². The van der Waals surface area contributed by atoms with Crippen LogP contribution in [0.1, 0.15) is 31.0 Å². The Morgan fingerprint density at radius 2 is 2.08 bits per heavy atom. The summed E-state index contributed by atoms with van der Waals surface area (Å²) >= 11 is 0. The molecule has 0 spiro atoms. The number of nitrogens with one attached hydrogen (secondary N) is 1. The second-order valence-corrected chi connectivity index (χ2v) is 5.50. The van der Waals surface area contributed by atoms with Crippen molar-refractivity contribution >= 4 is 35.8 Å². The minimum Gasteiger partial charge on any atom is -0.382 e. The van der Waals surface area contributed by atoms with Crippen molar-refractivity contribution < 1.29 is 4.39 Å². The van der Waals surface area contributed by atoms with Crippen molar-refractivity contribution in [3.63, 3.8) is 0 Å². The Bertz CT molecular complexity index is 778. The van der Waals surface area contributed by atoms with E-state index in [-0.39, 0.29) is 35.6 Å². The normalized spacial score (nSPS) is 10.9. The van der Waals surface area contributed by atoms with Gasteiger partial charge in [0.2, 0.25) is 0 Å². The number of nitrogens with zero attached hydrogens (tertiary/aromatic N) is 4. The van der Waals surface area contributed by atoms with Crippen molar-refractivity contribution in [2.75, 3.05) is 18.8 Å². The van der Waals surface area contributed by atoms with Crippen LogP contribution >= 0.6 is 24.0 Å². The predicted octanol–water partition coefficient (Wildman–Crippen LogP) is 2.33. The molecule has 0 radical (unpaired) electrons. The monoisotopic (exact) mass is 471 g/mol. The summed E-state index contributed by atoms with van der Waals surface area (Å²) in [5, 5.41) is 16.8. The van der Waals surface area contributed by atoms with Crippen LogP contribution < -0.4 is 16.8 Å². The fraction of sp³-hybridized carbons (Fsp3) is 0.353. The molecule has 2 aromatic rings. The molecule has 1 aromatic carbocycles. The maximum atomic E-state index is 13.1. The minimum absolute atomic E-state index is 0. The Morgan fingerprint density at radius 3 is 2.69 bits per heavy atom. The number of benzene rings is 1. The maximum Gasteiger partial charge on any atom is 0.188 e. The highest BCUT2D eigenvalue weighted by Gasteiger charge is 2.16. The summed E-state index contributed by atoms with van der Waals surface area (Å²) in [6, 6.07) is 7.87. The number of nitrogen functional groups attached to an aromatic ring is 1. The number of halogens is 2. The van der Waals surface area contributed by atoms with E-state index < -0.39 is 0 Å². The van der Waals surface area contributed by atoms with E-state index in [1.165, 1.54) is 16.8 Å². The van der Waals surface area contributed by atoms with Crippen LogP contribution in [0, 0.1) is 17.1 Å². The van der Waals surface area contributed by atoms with Crippen LogP contribution in [0.5, 0.6) is 0 Å². The van der Waals surface area contributed by atoms with E-state index in [9.17, 15) is 9.65 Å². The van der Waals surface area contributed by atoms with Gasteiger partial charge in [-0.2, -0.15) is 10.4 Å². The molecule has 2 rings (SSSR count). The lowest BCUT2D eigenvalue weighted by Crippen LogP contribution is -2.32. The molecular formula is C17H23FIN7. The van der Waals surface area contributed by atoms with Gasteiger partial charge in [-0.25, -0.2) is 9.07 Å². The molecule has 0 aliphatic carbocycles. The first-order valence-corrected chi connectivity index (χ1v) is 8.14. The van der Waals surface area contributed by atoms with Crippen LogP contribution in [-0.2, 0) is 6.42 Å². The first-order valence-electron chi connectivity index (χ1n) is 8.14. The molecule has 5 N–H and O–H groups in total. The van der Waals surface area contributed by atoms with Gasteiger partial charge in [0.05, 0.1) is 11.4 Å². The highest BCUT2D eigenvalue weighted by molar-refractivity contribution is 14.0. The highest BCUT2D eigenvalue weighted by Crippen LogP contribution is 2.21. The first-order chi connectivity index (χ1) is 12.1. The average Bonchev–Trinajstić information content (AvgIpc) is 2.93. The molecular weight excluding hydrogens is 448 g/mol. The van der Waals surface area contributed by atoms with Crippen molar-refractivity contribution in [2.24, 2.45) is 10.7 Å². The van der Waals surface area contributed by atoms with Gasteiger partial charge in [-0.15, -0.1) is 24.0 Å². The van der Waals surface area contributed by atoms with Crippen LogP contribution in [0.15, 0.2) is 29.3 Å². The number of aliphatic imine (C=N–C) groups is 1. The second-order valence-electron chi connectivity index (χ2n) is 5.50. The lowest BCUT2D eigenvalue weighted by atomic mass is 10.1. The molecule has 0 atom stereocenters. The number of hydrogen-bond donors (Lipinski definition) is 3. The second kappa shape index (κ2) is 10.6. The molecule has 0 unspecified atom stereocenters. The highest BCUT2D eigenvalue weighted by atomic mass is 127. The number of guanidine groups is 1. The molecule has 26 heavy (non-hydrogen) atoms. The minimum atomic E-state index is -0.344. The topological polar surface area (TPSA) is 118 Å². The summed E-state index contributed by atoms with van der Waals surface area (Å²) in [6.07, 6.45) is 2.22. The molecule has 140 valence electrons. The standard InChI is InChI=1S/C17H22FN7.HI/c1-2-9-22-17(21)23-10-3-4-15-14(11-19)16(20)25(24-15)13-7-5-12(18)6-8-13;/h5-8H,2-4,9-10,20H2,1H3,(H3,21,22,23);1H.